The second kappa shape index (κ2) is 7.49. The maximum atomic E-state index is 4.36. The van der Waals surface area contributed by atoms with Gasteiger partial charge in [-0.15, -0.1) is 0 Å². The van der Waals surface area contributed by atoms with E-state index in [1.54, 1.807) is 10.9 Å². The van der Waals surface area contributed by atoms with Crippen molar-refractivity contribution >= 4 is 11.8 Å². The first-order valence-corrected chi connectivity index (χ1v) is 8.55. The highest BCUT2D eigenvalue weighted by molar-refractivity contribution is 5.86. The molecule has 6 heteroatoms. The number of likely N-dealkylation sites (tertiary alicyclic amines) is 1. The third-order valence-corrected chi connectivity index (χ3v) is 4.45. The molecule has 1 fully saturated rings. The van der Waals surface area contributed by atoms with Gasteiger partial charge in [0, 0.05) is 67.2 Å². The van der Waals surface area contributed by atoms with Crippen molar-refractivity contribution in [2.24, 2.45) is 12.1 Å². The molecule has 3 heterocycles. The number of hydrazone groups is 1. The van der Waals surface area contributed by atoms with Crippen molar-refractivity contribution in [3.8, 4) is 0 Å². The van der Waals surface area contributed by atoms with Crippen LogP contribution in [0.25, 0.3) is 5.57 Å². The summed E-state index contributed by atoms with van der Waals surface area (Å²) in [6.45, 7) is 9.68. The minimum atomic E-state index is 0.546. The summed E-state index contributed by atoms with van der Waals surface area (Å²) in [6.07, 6.45) is 11.9. The maximum absolute atomic E-state index is 4.36. The van der Waals surface area contributed by atoms with Gasteiger partial charge in [-0.3, -0.25) is 10.1 Å². The van der Waals surface area contributed by atoms with E-state index in [1.165, 1.54) is 0 Å². The molecule has 1 unspecified atom stereocenters. The first-order chi connectivity index (χ1) is 11.7. The Kier molecular flexibility index (Phi) is 5.15. The van der Waals surface area contributed by atoms with Crippen LogP contribution in [0.2, 0.25) is 0 Å². The van der Waals surface area contributed by atoms with Crippen molar-refractivity contribution in [1.82, 2.24) is 25.4 Å². The lowest BCUT2D eigenvalue weighted by Crippen LogP contribution is -2.33. The summed E-state index contributed by atoms with van der Waals surface area (Å²) in [5.74, 6) is 0. The van der Waals surface area contributed by atoms with E-state index in [2.05, 4.69) is 39.3 Å². The topological polar surface area (TPSA) is 57.5 Å². The molecule has 6 nitrogen and oxygen atoms in total. The minimum absolute atomic E-state index is 0.546. The van der Waals surface area contributed by atoms with Crippen LogP contribution in [0.1, 0.15) is 25.3 Å². The number of hydrogen-bond acceptors (Lipinski definition) is 5. The van der Waals surface area contributed by atoms with E-state index in [-0.39, 0.29) is 0 Å². The second-order valence-corrected chi connectivity index (χ2v) is 6.28. The van der Waals surface area contributed by atoms with E-state index in [0.29, 0.717) is 6.04 Å². The zero-order chi connectivity index (χ0) is 16.9. The molecule has 0 aromatic carbocycles. The Labute approximate surface area is 143 Å². The lowest BCUT2D eigenvalue weighted by Gasteiger charge is -2.25. The second-order valence-electron chi connectivity index (χ2n) is 6.28. The largest absolute Gasteiger partial charge is 0.369 e. The number of aryl methyl sites for hydroxylation is 1. The van der Waals surface area contributed by atoms with Crippen LogP contribution < -0.4 is 10.7 Å². The summed E-state index contributed by atoms with van der Waals surface area (Å²) in [5.41, 5.74) is 7.15. The number of hydrogen-bond donors (Lipinski definition) is 2. The van der Waals surface area contributed by atoms with Crippen molar-refractivity contribution in [3.63, 3.8) is 0 Å². The summed E-state index contributed by atoms with van der Waals surface area (Å²) in [7, 11) is 1.92. The summed E-state index contributed by atoms with van der Waals surface area (Å²) in [6, 6.07) is 0.546. The standard InChI is InChI=1S/C18H26N6/c1-4-7-19-16-6-9-24(13-16)18-5-8-20-21-11-17(14(18)2)15-10-22-23(3)12-15/h5,8,10-12,16,19,21H,2,4,6-7,9,13H2,1,3H3/b17-11+,18-5?,20-8-. The van der Waals surface area contributed by atoms with Gasteiger partial charge in [0.2, 0.25) is 0 Å². The quantitative estimate of drug-likeness (QED) is 0.867. The van der Waals surface area contributed by atoms with Crippen molar-refractivity contribution in [2.45, 2.75) is 25.8 Å². The molecular weight excluding hydrogens is 300 g/mol. The van der Waals surface area contributed by atoms with Gasteiger partial charge in [0.05, 0.1) is 6.20 Å². The van der Waals surface area contributed by atoms with Crippen LogP contribution in [-0.2, 0) is 7.05 Å². The summed E-state index contributed by atoms with van der Waals surface area (Å²) in [4.78, 5) is 2.40. The number of nitrogens with one attached hydrogen (secondary N) is 2. The van der Waals surface area contributed by atoms with E-state index < -0.39 is 0 Å². The van der Waals surface area contributed by atoms with E-state index in [9.17, 15) is 0 Å². The SMILES string of the molecule is C=C1C(N2CCC(NCCC)C2)=C/C=N\N/C=C\1c1cnn(C)c1. The van der Waals surface area contributed by atoms with Gasteiger partial charge < -0.3 is 10.2 Å². The van der Waals surface area contributed by atoms with Crippen molar-refractivity contribution in [2.75, 3.05) is 19.6 Å². The highest BCUT2D eigenvalue weighted by Crippen LogP contribution is 2.30. The molecule has 0 radical (unpaired) electrons. The Balaban J connectivity index is 1.80. The normalized spacial score (nSPS) is 24.7. The number of aromatic nitrogens is 2. The van der Waals surface area contributed by atoms with Crippen LogP contribution >= 0.6 is 0 Å². The Morgan fingerprint density at radius 2 is 2.33 bits per heavy atom. The van der Waals surface area contributed by atoms with Gasteiger partial charge in [-0.2, -0.15) is 10.2 Å². The van der Waals surface area contributed by atoms with E-state index in [4.69, 9.17) is 0 Å². The molecule has 3 rings (SSSR count). The Hall–Kier alpha value is -2.34. The molecule has 2 N–H and O–H groups in total. The average Bonchev–Trinajstić information content (AvgIpc) is 3.19. The molecule has 1 saturated heterocycles. The highest BCUT2D eigenvalue weighted by atomic mass is 15.3. The smallest absolute Gasteiger partial charge is 0.0568 e. The van der Waals surface area contributed by atoms with Gasteiger partial charge in [0.1, 0.15) is 0 Å². The molecule has 24 heavy (non-hydrogen) atoms. The third-order valence-electron chi connectivity index (χ3n) is 4.45. The number of rotatable bonds is 5. The Bertz CT molecular complexity index is 681. The molecule has 0 amide bonds. The molecule has 2 aliphatic heterocycles. The van der Waals surface area contributed by atoms with Gasteiger partial charge in [0.15, 0.2) is 0 Å². The Morgan fingerprint density at radius 1 is 1.46 bits per heavy atom. The van der Waals surface area contributed by atoms with Gasteiger partial charge in [-0.05, 0) is 25.5 Å². The zero-order valence-corrected chi connectivity index (χ0v) is 14.5. The summed E-state index contributed by atoms with van der Waals surface area (Å²) < 4.78 is 1.80. The van der Waals surface area contributed by atoms with E-state index in [0.717, 1.165) is 54.9 Å². The molecule has 0 spiro atoms. The first-order valence-electron chi connectivity index (χ1n) is 8.55. The zero-order valence-electron chi connectivity index (χ0n) is 14.5. The molecule has 2 aliphatic rings. The number of allylic oxidation sites excluding steroid dienone is 2. The van der Waals surface area contributed by atoms with Crippen LogP contribution in [0.3, 0.4) is 0 Å². The molecule has 0 bridgehead atoms. The maximum Gasteiger partial charge on any atom is 0.0568 e. The predicted molar refractivity (Wildman–Crippen MR) is 98.3 cm³/mol. The summed E-state index contributed by atoms with van der Waals surface area (Å²) in [5, 5.41) is 12.1. The fraction of sp³-hybridized carbons (Fsp3) is 0.444. The monoisotopic (exact) mass is 326 g/mol. The van der Waals surface area contributed by atoms with Crippen LogP contribution in [0.15, 0.2) is 47.6 Å². The van der Waals surface area contributed by atoms with E-state index in [1.807, 2.05) is 31.7 Å². The molecule has 1 atom stereocenters. The minimum Gasteiger partial charge on any atom is -0.369 e. The lowest BCUT2D eigenvalue weighted by atomic mass is 9.99. The van der Waals surface area contributed by atoms with Crippen molar-refractivity contribution in [3.05, 3.63) is 48.1 Å². The molecule has 0 saturated carbocycles. The average molecular weight is 326 g/mol. The number of nitrogens with zero attached hydrogens (tertiary/aromatic N) is 4. The summed E-state index contributed by atoms with van der Waals surface area (Å²) >= 11 is 0. The van der Waals surface area contributed by atoms with Gasteiger partial charge in [-0.25, -0.2) is 0 Å². The van der Waals surface area contributed by atoms with Crippen LogP contribution in [-0.4, -0.2) is 46.6 Å². The van der Waals surface area contributed by atoms with Crippen molar-refractivity contribution in [1.29, 1.82) is 0 Å². The third kappa shape index (κ3) is 3.59. The van der Waals surface area contributed by atoms with Gasteiger partial charge in [-0.1, -0.05) is 13.5 Å². The lowest BCUT2D eigenvalue weighted by molar-refractivity contribution is 0.415. The van der Waals surface area contributed by atoms with Gasteiger partial charge in [0.25, 0.3) is 0 Å². The van der Waals surface area contributed by atoms with Gasteiger partial charge >= 0.3 is 0 Å². The van der Waals surface area contributed by atoms with Crippen LogP contribution in [0, 0.1) is 0 Å². The van der Waals surface area contributed by atoms with Crippen LogP contribution in [0.5, 0.6) is 0 Å². The van der Waals surface area contributed by atoms with Crippen molar-refractivity contribution < 1.29 is 0 Å². The fourth-order valence-electron chi connectivity index (χ4n) is 3.19. The molecular formula is C18H26N6. The molecule has 128 valence electrons. The Morgan fingerprint density at radius 3 is 3.08 bits per heavy atom. The molecule has 0 aliphatic carbocycles. The highest BCUT2D eigenvalue weighted by Gasteiger charge is 2.26. The fourth-order valence-corrected chi connectivity index (χ4v) is 3.19. The van der Waals surface area contributed by atoms with Crippen LogP contribution in [0.4, 0.5) is 0 Å². The predicted octanol–water partition coefficient (Wildman–Crippen LogP) is 1.86. The molecule has 1 aromatic rings. The first kappa shape index (κ1) is 16.5. The molecule has 1 aromatic heterocycles. The van der Waals surface area contributed by atoms with E-state index >= 15 is 0 Å².